The van der Waals surface area contributed by atoms with Crippen molar-refractivity contribution in [1.29, 1.82) is 0 Å². The van der Waals surface area contributed by atoms with Crippen molar-refractivity contribution in [1.82, 2.24) is 19.5 Å². The van der Waals surface area contributed by atoms with Gasteiger partial charge in [0.1, 0.15) is 0 Å². The molecule has 0 aromatic carbocycles. The normalized spacial score (nSPS) is 13.2. The molecule has 100 valence electrons. The van der Waals surface area contributed by atoms with Crippen LogP contribution in [0.4, 0.5) is 0 Å². The van der Waals surface area contributed by atoms with Gasteiger partial charge in [0.25, 0.3) is 5.56 Å². The van der Waals surface area contributed by atoms with E-state index in [0.717, 1.165) is 36.3 Å². The Bertz CT molecular complexity index is 679. The second kappa shape index (κ2) is 5.02. The standard InChI is InChI=1S/C12H13ClN4OS/c1-2-17-6-14-10(13)9(17)5-19-12-15-8-4-3-7(8)11(18)16-12/h6H,2-5H2,1H3,(H,15,16,18). The van der Waals surface area contributed by atoms with Crippen LogP contribution in [0.3, 0.4) is 0 Å². The Morgan fingerprint density at radius 3 is 3.00 bits per heavy atom. The van der Waals surface area contributed by atoms with Gasteiger partial charge in [-0.1, -0.05) is 23.4 Å². The first kappa shape index (κ1) is 12.7. The Morgan fingerprint density at radius 2 is 2.37 bits per heavy atom. The largest absolute Gasteiger partial charge is 0.333 e. The Balaban J connectivity index is 1.79. The van der Waals surface area contributed by atoms with E-state index in [0.29, 0.717) is 16.1 Å². The summed E-state index contributed by atoms with van der Waals surface area (Å²) in [6, 6.07) is 0. The molecule has 0 spiro atoms. The molecule has 7 heteroatoms. The zero-order chi connectivity index (χ0) is 13.4. The highest BCUT2D eigenvalue weighted by Crippen LogP contribution is 2.25. The molecular weight excluding hydrogens is 284 g/mol. The van der Waals surface area contributed by atoms with E-state index in [4.69, 9.17) is 11.6 Å². The van der Waals surface area contributed by atoms with Crippen LogP contribution in [0.5, 0.6) is 0 Å². The molecule has 0 saturated heterocycles. The molecule has 0 bridgehead atoms. The third kappa shape index (κ3) is 2.30. The Morgan fingerprint density at radius 1 is 1.53 bits per heavy atom. The predicted octanol–water partition coefficient (Wildman–Crippen LogP) is 2.03. The number of imidazole rings is 1. The van der Waals surface area contributed by atoms with E-state index in [9.17, 15) is 4.79 Å². The van der Waals surface area contributed by atoms with E-state index >= 15 is 0 Å². The lowest BCUT2D eigenvalue weighted by atomic mass is 9.96. The molecule has 0 atom stereocenters. The van der Waals surface area contributed by atoms with Gasteiger partial charge in [-0.3, -0.25) is 4.79 Å². The first-order valence-electron chi connectivity index (χ1n) is 6.13. The molecule has 3 rings (SSSR count). The summed E-state index contributed by atoms with van der Waals surface area (Å²) < 4.78 is 1.99. The summed E-state index contributed by atoms with van der Waals surface area (Å²) in [5.41, 5.74) is 2.72. The zero-order valence-electron chi connectivity index (χ0n) is 10.4. The van der Waals surface area contributed by atoms with Crippen molar-refractivity contribution >= 4 is 23.4 Å². The van der Waals surface area contributed by atoms with Gasteiger partial charge in [-0.05, 0) is 19.8 Å². The van der Waals surface area contributed by atoms with Gasteiger partial charge >= 0.3 is 0 Å². The molecule has 19 heavy (non-hydrogen) atoms. The highest BCUT2D eigenvalue weighted by Gasteiger charge is 2.20. The van der Waals surface area contributed by atoms with E-state index in [1.807, 2.05) is 11.5 Å². The molecule has 0 aliphatic heterocycles. The fraction of sp³-hybridized carbons (Fsp3) is 0.417. The minimum absolute atomic E-state index is 0.00570. The second-order valence-corrected chi connectivity index (χ2v) is 5.68. The van der Waals surface area contributed by atoms with E-state index in [1.165, 1.54) is 11.8 Å². The maximum atomic E-state index is 11.7. The number of H-pyrrole nitrogens is 1. The maximum absolute atomic E-state index is 11.7. The number of fused-ring (bicyclic) bond motifs is 1. The highest BCUT2D eigenvalue weighted by molar-refractivity contribution is 7.98. The summed E-state index contributed by atoms with van der Waals surface area (Å²) in [6.45, 7) is 2.86. The number of rotatable bonds is 4. The van der Waals surface area contributed by atoms with Crippen LogP contribution in [0.25, 0.3) is 0 Å². The van der Waals surface area contributed by atoms with E-state index in [-0.39, 0.29) is 5.56 Å². The van der Waals surface area contributed by atoms with E-state index in [1.54, 1.807) is 6.33 Å². The first-order chi connectivity index (χ1) is 9.19. The first-order valence-corrected chi connectivity index (χ1v) is 7.49. The second-order valence-electron chi connectivity index (χ2n) is 4.35. The van der Waals surface area contributed by atoms with Crippen molar-refractivity contribution in [3.63, 3.8) is 0 Å². The van der Waals surface area contributed by atoms with Gasteiger partial charge in [0.05, 0.1) is 17.7 Å². The Labute approximate surface area is 119 Å². The number of halogens is 1. The lowest BCUT2D eigenvalue weighted by molar-refractivity contribution is 0.712. The molecule has 0 fully saturated rings. The summed E-state index contributed by atoms with van der Waals surface area (Å²) in [7, 11) is 0. The zero-order valence-corrected chi connectivity index (χ0v) is 12.0. The average molecular weight is 297 g/mol. The number of thioether (sulfide) groups is 1. The third-order valence-corrected chi connectivity index (χ3v) is 4.47. The molecule has 0 radical (unpaired) electrons. The average Bonchev–Trinajstić information content (AvgIpc) is 2.70. The summed E-state index contributed by atoms with van der Waals surface area (Å²) in [6.07, 6.45) is 3.48. The molecule has 2 aromatic heterocycles. The Hall–Kier alpha value is -1.27. The van der Waals surface area contributed by atoms with Gasteiger partial charge in [-0.25, -0.2) is 9.97 Å². The highest BCUT2D eigenvalue weighted by atomic mass is 35.5. The summed E-state index contributed by atoms with van der Waals surface area (Å²) >= 11 is 7.53. The number of aromatic nitrogens is 4. The minimum Gasteiger partial charge on any atom is -0.333 e. The SMILES string of the molecule is CCn1cnc(Cl)c1CSc1nc2c(c(=O)[nH]1)CC2. The quantitative estimate of drug-likeness (QED) is 0.693. The lowest BCUT2D eigenvalue weighted by Crippen LogP contribution is -2.26. The molecule has 1 aliphatic rings. The van der Waals surface area contributed by atoms with Crippen LogP contribution in [-0.4, -0.2) is 19.5 Å². The van der Waals surface area contributed by atoms with Gasteiger partial charge in [0, 0.05) is 17.9 Å². The van der Waals surface area contributed by atoms with Gasteiger partial charge < -0.3 is 9.55 Å². The lowest BCUT2D eigenvalue weighted by Gasteiger charge is -2.16. The van der Waals surface area contributed by atoms with Crippen LogP contribution in [-0.2, 0) is 25.1 Å². The van der Waals surface area contributed by atoms with Crippen molar-refractivity contribution in [2.45, 2.75) is 37.2 Å². The molecule has 2 heterocycles. The predicted molar refractivity (Wildman–Crippen MR) is 74.7 cm³/mol. The number of hydrogen-bond donors (Lipinski definition) is 1. The molecule has 2 aromatic rings. The number of nitrogens with one attached hydrogen (secondary N) is 1. The third-order valence-electron chi connectivity index (χ3n) is 3.27. The van der Waals surface area contributed by atoms with Crippen molar-refractivity contribution in [3.05, 3.63) is 38.8 Å². The van der Waals surface area contributed by atoms with E-state index in [2.05, 4.69) is 15.0 Å². The fourth-order valence-corrected chi connectivity index (χ4v) is 3.27. The maximum Gasteiger partial charge on any atom is 0.254 e. The van der Waals surface area contributed by atoms with Crippen molar-refractivity contribution in [3.8, 4) is 0 Å². The molecule has 1 N–H and O–H groups in total. The fourth-order valence-electron chi connectivity index (χ4n) is 2.06. The molecule has 0 amide bonds. The van der Waals surface area contributed by atoms with Crippen LogP contribution < -0.4 is 5.56 Å². The topological polar surface area (TPSA) is 63.6 Å². The van der Waals surface area contributed by atoms with Gasteiger partial charge in [-0.2, -0.15) is 0 Å². The van der Waals surface area contributed by atoms with Gasteiger partial charge in [-0.15, -0.1) is 0 Å². The summed E-state index contributed by atoms with van der Waals surface area (Å²) in [4.78, 5) is 23.0. The van der Waals surface area contributed by atoms with Crippen molar-refractivity contribution < 1.29 is 0 Å². The molecular formula is C12H13ClN4OS. The van der Waals surface area contributed by atoms with Crippen LogP contribution in [0.15, 0.2) is 16.3 Å². The number of hydrogen-bond acceptors (Lipinski definition) is 4. The minimum atomic E-state index is -0.00570. The van der Waals surface area contributed by atoms with Crippen LogP contribution in [0.2, 0.25) is 5.15 Å². The summed E-state index contributed by atoms with van der Waals surface area (Å²) in [5.74, 6) is 0.647. The number of aromatic amines is 1. The van der Waals surface area contributed by atoms with Crippen LogP contribution in [0.1, 0.15) is 23.9 Å². The monoisotopic (exact) mass is 296 g/mol. The summed E-state index contributed by atoms with van der Waals surface area (Å²) in [5, 5.41) is 1.17. The van der Waals surface area contributed by atoms with Crippen LogP contribution >= 0.6 is 23.4 Å². The van der Waals surface area contributed by atoms with Gasteiger partial charge in [0.2, 0.25) is 0 Å². The Kier molecular flexibility index (Phi) is 3.36. The molecule has 0 saturated carbocycles. The van der Waals surface area contributed by atoms with Crippen molar-refractivity contribution in [2.75, 3.05) is 0 Å². The molecule has 0 unspecified atom stereocenters. The number of nitrogens with zero attached hydrogens (tertiary/aromatic N) is 3. The van der Waals surface area contributed by atoms with Gasteiger partial charge in [0.15, 0.2) is 10.3 Å². The molecule has 1 aliphatic carbocycles. The smallest absolute Gasteiger partial charge is 0.254 e. The van der Waals surface area contributed by atoms with E-state index < -0.39 is 0 Å². The van der Waals surface area contributed by atoms with Crippen LogP contribution in [0, 0.1) is 0 Å². The molecule has 5 nitrogen and oxygen atoms in total. The number of aryl methyl sites for hydroxylation is 2. The van der Waals surface area contributed by atoms with Crippen molar-refractivity contribution in [2.24, 2.45) is 0 Å².